The van der Waals surface area contributed by atoms with Crippen molar-refractivity contribution in [2.24, 2.45) is 0 Å². The van der Waals surface area contributed by atoms with E-state index in [9.17, 15) is 17.6 Å². The van der Waals surface area contributed by atoms with Crippen LogP contribution in [0.5, 0.6) is 11.5 Å². The van der Waals surface area contributed by atoms with E-state index in [1.165, 1.54) is 34.6 Å². The van der Waals surface area contributed by atoms with Crippen LogP contribution < -0.4 is 9.47 Å². The molecule has 0 atom stereocenters. The van der Waals surface area contributed by atoms with Gasteiger partial charge in [-0.05, 0) is 37.3 Å². The fourth-order valence-electron chi connectivity index (χ4n) is 4.01. The van der Waals surface area contributed by atoms with Crippen LogP contribution in [0.15, 0.2) is 45.7 Å². The summed E-state index contributed by atoms with van der Waals surface area (Å²) in [7, 11) is -3.75. The van der Waals surface area contributed by atoms with Gasteiger partial charge in [0.1, 0.15) is 24.6 Å². The van der Waals surface area contributed by atoms with Crippen molar-refractivity contribution in [1.82, 2.24) is 9.21 Å². The molecule has 2 aliphatic rings. The van der Waals surface area contributed by atoms with Crippen molar-refractivity contribution in [3.05, 3.63) is 53.5 Å². The Kier molecular flexibility index (Phi) is 5.06. The van der Waals surface area contributed by atoms with Gasteiger partial charge in [0.25, 0.3) is 5.91 Å². The van der Waals surface area contributed by atoms with Gasteiger partial charge in [0, 0.05) is 43.2 Å². The van der Waals surface area contributed by atoms with Gasteiger partial charge in [-0.15, -0.1) is 0 Å². The summed E-state index contributed by atoms with van der Waals surface area (Å²) in [5.41, 5.74) is 1.00. The Bertz CT molecular complexity index is 1310. The topological polar surface area (TPSA) is 89.3 Å². The molecule has 0 bridgehead atoms. The second-order valence-corrected chi connectivity index (χ2v) is 9.64. The molecule has 0 radical (unpaired) electrons. The van der Waals surface area contributed by atoms with E-state index in [1.807, 2.05) is 0 Å². The number of carbonyl (C=O) groups is 1. The number of furan rings is 1. The molecule has 1 amide bonds. The molecule has 10 heteroatoms. The Hall–Kier alpha value is -3.11. The monoisotopic (exact) mass is 460 g/mol. The van der Waals surface area contributed by atoms with Gasteiger partial charge < -0.3 is 18.8 Å². The third-order valence-corrected chi connectivity index (χ3v) is 7.66. The summed E-state index contributed by atoms with van der Waals surface area (Å²) in [5, 5.41) is 0.549. The largest absolute Gasteiger partial charge is 0.486 e. The molecule has 1 saturated heterocycles. The highest BCUT2D eigenvalue weighted by atomic mass is 32.2. The molecular weight excluding hydrogens is 439 g/mol. The summed E-state index contributed by atoms with van der Waals surface area (Å²) in [6, 6.07) is 8.67. The lowest BCUT2D eigenvalue weighted by Crippen LogP contribution is -2.50. The van der Waals surface area contributed by atoms with Crippen LogP contribution in [0.3, 0.4) is 0 Å². The van der Waals surface area contributed by atoms with E-state index < -0.39 is 15.8 Å². The molecule has 3 heterocycles. The number of aryl methyl sites for hydroxylation is 1. The molecule has 0 unspecified atom stereocenters. The number of piperazine rings is 1. The van der Waals surface area contributed by atoms with Crippen molar-refractivity contribution in [2.75, 3.05) is 39.4 Å². The van der Waals surface area contributed by atoms with Crippen LogP contribution >= 0.6 is 0 Å². The van der Waals surface area contributed by atoms with Crippen LogP contribution in [0, 0.1) is 12.7 Å². The molecule has 0 aliphatic carbocycles. The van der Waals surface area contributed by atoms with Crippen molar-refractivity contribution in [3.8, 4) is 11.5 Å². The second-order valence-electron chi connectivity index (χ2n) is 7.70. The number of hydrogen-bond acceptors (Lipinski definition) is 6. The van der Waals surface area contributed by atoms with Gasteiger partial charge in [-0.25, -0.2) is 12.8 Å². The first-order chi connectivity index (χ1) is 15.3. The van der Waals surface area contributed by atoms with E-state index in [1.54, 1.807) is 17.9 Å². The predicted octanol–water partition coefficient (Wildman–Crippen LogP) is 2.80. The smallest absolute Gasteiger partial charge is 0.289 e. The lowest BCUT2D eigenvalue weighted by molar-refractivity contribution is 0.0667. The van der Waals surface area contributed by atoms with Crippen LogP contribution in [0.25, 0.3) is 11.0 Å². The molecule has 2 aromatic carbocycles. The lowest BCUT2D eigenvalue weighted by Gasteiger charge is -2.33. The number of ether oxygens (including phenoxy) is 2. The first kappa shape index (κ1) is 20.8. The number of fused-ring (bicyclic) bond motifs is 2. The van der Waals surface area contributed by atoms with E-state index in [0.29, 0.717) is 41.2 Å². The predicted molar refractivity (Wildman–Crippen MR) is 113 cm³/mol. The normalized spacial score (nSPS) is 17.0. The lowest BCUT2D eigenvalue weighted by atomic mass is 10.1. The minimum Gasteiger partial charge on any atom is -0.486 e. The van der Waals surface area contributed by atoms with Crippen LogP contribution in [-0.4, -0.2) is 62.9 Å². The number of hydrogen-bond donors (Lipinski definition) is 0. The fraction of sp³-hybridized carbons (Fsp3) is 0.318. The zero-order valence-electron chi connectivity index (χ0n) is 17.3. The molecule has 168 valence electrons. The highest BCUT2D eigenvalue weighted by Gasteiger charge is 2.33. The third kappa shape index (κ3) is 3.49. The molecule has 2 aliphatic heterocycles. The van der Waals surface area contributed by atoms with Crippen LogP contribution in [0.2, 0.25) is 0 Å². The zero-order chi connectivity index (χ0) is 22.5. The number of halogens is 1. The van der Waals surface area contributed by atoms with Crippen molar-refractivity contribution in [3.63, 3.8) is 0 Å². The number of benzene rings is 2. The first-order valence-corrected chi connectivity index (χ1v) is 11.7. The maximum atomic E-state index is 13.6. The molecular formula is C22H21FN2O6S. The maximum Gasteiger partial charge on any atom is 0.289 e. The highest BCUT2D eigenvalue weighted by Crippen LogP contribution is 2.33. The van der Waals surface area contributed by atoms with E-state index in [-0.39, 0.29) is 42.7 Å². The second kappa shape index (κ2) is 7.79. The molecule has 0 spiro atoms. The Morgan fingerprint density at radius 3 is 2.44 bits per heavy atom. The summed E-state index contributed by atoms with van der Waals surface area (Å²) in [6.45, 7) is 3.23. The molecule has 0 saturated carbocycles. The molecule has 5 rings (SSSR count). The Morgan fingerprint density at radius 2 is 1.69 bits per heavy atom. The molecule has 0 N–H and O–H groups in total. The van der Waals surface area contributed by atoms with Gasteiger partial charge in [0.05, 0.1) is 4.90 Å². The SMILES string of the molecule is Cc1c(C(=O)N2CCN(S(=O)(=O)c3ccc4c(c3)OCCO4)CC2)oc2ccc(F)cc12. The van der Waals surface area contributed by atoms with E-state index >= 15 is 0 Å². The number of nitrogens with zero attached hydrogens (tertiary/aromatic N) is 2. The Morgan fingerprint density at radius 1 is 0.969 bits per heavy atom. The number of sulfonamides is 1. The number of rotatable bonds is 3. The summed E-state index contributed by atoms with van der Waals surface area (Å²) in [6.07, 6.45) is 0. The Balaban J connectivity index is 1.32. The van der Waals surface area contributed by atoms with Crippen molar-refractivity contribution < 1.29 is 31.5 Å². The molecule has 1 fully saturated rings. The summed E-state index contributed by atoms with van der Waals surface area (Å²) < 4.78 is 57.7. The minimum absolute atomic E-state index is 0.122. The van der Waals surface area contributed by atoms with Gasteiger partial charge in [-0.1, -0.05) is 0 Å². The Labute approximate surface area is 184 Å². The summed E-state index contributed by atoms with van der Waals surface area (Å²) in [4.78, 5) is 14.7. The summed E-state index contributed by atoms with van der Waals surface area (Å²) in [5.74, 6) is 0.331. The van der Waals surface area contributed by atoms with E-state index in [0.717, 1.165) is 0 Å². The summed E-state index contributed by atoms with van der Waals surface area (Å²) >= 11 is 0. The van der Waals surface area contributed by atoms with E-state index in [4.69, 9.17) is 13.9 Å². The van der Waals surface area contributed by atoms with Crippen molar-refractivity contribution in [2.45, 2.75) is 11.8 Å². The maximum absolute atomic E-state index is 13.6. The van der Waals surface area contributed by atoms with Gasteiger partial charge in [-0.2, -0.15) is 4.31 Å². The van der Waals surface area contributed by atoms with Gasteiger partial charge in [0.2, 0.25) is 10.0 Å². The molecule has 3 aromatic rings. The van der Waals surface area contributed by atoms with E-state index in [2.05, 4.69) is 0 Å². The van der Waals surface area contributed by atoms with Crippen molar-refractivity contribution in [1.29, 1.82) is 0 Å². The number of carbonyl (C=O) groups excluding carboxylic acids is 1. The third-order valence-electron chi connectivity index (χ3n) is 5.77. The zero-order valence-corrected chi connectivity index (χ0v) is 18.2. The standard InChI is InChI=1S/C22H21FN2O6S/c1-14-17-12-15(23)2-4-18(17)31-21(14)22(26)24-6-8-25(9-7-24)32(27,28)16-3-5-19-20(13-16)30-11-10-29-19/h2-5,12-13H,6-11H2,1H3. The quantitative estimate of drug-likeness (QED) is 0.597. The highest BCUT2D eigenvalue weighted by molar-refractivity contribution is 7.89. The average molecular weight is 460 g/mol. The van der Waals surface area contributed by atoms with Gasteiger partial charge in [0.15, 0.2) is 17.3 Å². The molecule has 1 aromatic heterocycles. The van der Waals surface area contributed by atoms with Gasteiger partial charge >= 0.3 is 0 Å². The average Bonchev–Trinajstić information content (AvgIpc) is 3.14. The molecule has 8 nitrogen and oxygen atoms in total. The van der Waals surface area contributed by atoms with Crippen LogP contribution in [0.1, 0.15) is 16.1 Å². The molecule has 32 heavy (non-hydrogen) atoms. The van der Waals surface area contributed by atoms with Gasteiger partial charge in [-0.3, -0.25) is 4.79 Å². The number of amides is 1. The van der Waals surface area contributed by atoms with Crippen molar-refractivity contribution >= 4 is 26.9 Å². The van der Waals surface area contributed by atoms with Crippen LogP contribution in [-0.2, 0) is 10.0 Å². The minimum atomic E-state index is -3.75. The fourth-order valence-corrected chi connectivity index (χ4v) is 5.44. The first-order valence-electron chi connectivity index (χ1n) is 10.2. The van der Waals surface area contributed by atoms with Crippen LogP contribution in [0.4, 0.5) is 4.39 Å².